The molecule has 9 nitrogen and oxygen atoms in total. The van der Waals surface area contributed by atoms with E-state index in [1.165, 1.54) is 18.9 Å². The van der Waals surface area contributed by atoms with E-state index < -0.39 is 28.1 Å². The summed E-state index contributed by atoms with van der Waals surface area (Å²) in [5.74, 6) is -3.30. The number of aryl methyl sites for hydroxylation is 1. The second-order valence-corrected chi connectivity index (χ2v) is 11.4. The molecule has 4 rings (SSSR count). The smallest absolute Gasteiger partial charge is 0.478 e. The van der Waals surface area contributed by atoms with Gasteiger partial charge in [-0.1, -0.05) is 17.7 Å². The number of hydrogen-bond donors (Lipinski definition) is 3. The van der Waals surface area contributed by atoms with Crippen molar-refractivity contribution in [3.8, 4) is 0 Å². The van der Waals surface area contributed by atoms with E-state index in [2.05, 4.69) is 14.5 Å². The van der Waals surface area contributed by atoms with Gasteiger partial charge in [-0.2, -0.15) is 13.2 Å². The maximum Gasteiger partial charge on any atom is 0.490 e. The van der Waals surface area contributed by atoms with E-state index in [0.717, 1.165) is 51.1 Å². The van der Waals surface area contributed by atoms with Crippen LogP contribution in [0.2, 0.25) is 0 Å². The maximum atomic E-state index is 12.7. The van der Waals surface area contributed by atoms with Gasteiger partial charge in [-0.05, 0) is 81.9 Å². The molecule has 214 valence electrons. The second-order valence-electron chi connectivity index (χ2n) is 9.72. The van der Waals surface area contributed by atoms with E-state index in [-0.39, 0.29) is 16.1 Å². The molecule has 0 bridgehead atoms. The van der Waals surface area contributed by atoms with Crippen LogP contribution in [-0.4, -0.2) is 74.4 Å². The Morgan fingerprint density at radius 3 is 2.18 bits per heavy atom. The summed E-state index contributed by atoms with van der Waals surface area (Å²) in [4.78, 5) is 25.7. The minimum atomic E-state index is -5.08. The number of likely N-dealkylation sites (tertiary alicyclic amines) is 1. The SMILES string of the molecule is Cc1ccc(S(=O)(=O)Nc2ccc(N3CCCC(CN4CCCC4)C3)c(C(=O)O)c2)cc1.O=C(O)C(F)(F)F. The zero-order valence-corrected chi connectivity index (χ0v) is 22.3. The van der Waals surface area contributed by atoms with Gasteiger partial charge in [0.25, 0.3) is 10.0 Å². The fourth-order valence-corrected chi connectivity index (χ4v) is 5.79. The van der Waals surface area contributed by atoms with E-state index in [1.54, 1.807) is 36.4 Å². The van der Waals surface area contributed by atoms with Crippen molar-refractivity contribution in [3.05, 3.63) is 53.6 Å². The van der Waals surface area contributed by atoms with E-state index in [4.69, 9.17) is 9.90 Å². The molecule has 0 aromatic heterocycles. The molecule has 0 saturated carbocycles. The highest BCUT2D eigenvalue weighted by Crippen LogP contribution is 2.30. The van der Waals surface area contributed by atoms with Crippen molar-refractivity contribution in [2.24, 2.45) is 5.92 Å². The summed E-state index contributed by atoms with van der Waals surface area (Å²) in [6.45, 7) is 6.90. The van der Waals surface area contributed by atoms with Crippen molar-refractivity contribution in [3.63, 3.8) is 0 Å². The van der Waals surface area contributed by atoms with Crippen molar-refractivity contribution in [1.82, 2.24) is 4.90 Å². The summed E-state index contributed by atoms with van der Waals surface area (Å²) >= 11 is 0. The number of carbonyl (C=O) groups is 2. The lowest BCUT2D eigenvalue weighted by molar-refractivity contribution is -0.192. The van der Waals surface area contributed by atoms with Gasteiger partial charge in [-0.3, -0.25) is 4.72 Å². The average molecular weight is 572 g/mol. The summed E-state index contributed by atoms with van der Waals surface area (Å²) in [7, 11) is -3.79. The van der Waals surface area contributed by atoms with Crippen LogP contribution in [0.25, 0.3) is 0 Å². The van der Waals surface area contributed by atoms with E-state index in [0.29, 0.717) is 11.6 Å². The van der Waals surface area contributed by atoms with Crippen molar-refractivity contribution in [2.75, 3.05) is 42.3 Å². The average Bonchev–Trinajstić information content (AvgIpc) is 3.37. The Bertz CT molecular complexity index is 1260. The van der Waals surface area contributed by atoms with Crippen LogP contribution < -0.4 is 9.62 Å². The van der Waals surface area contributed by atoms with Crippen LogP contribution in [0.15, 0.2) is 47.4 Å². The fraction of sp³-hybridized carbons (Fsp3) is 0.462. The predicted molar refractivity (Wildman–Crippen MR) is 140 cm³/mol. The Kier molecular flexibility index (Phi) is 9.83. The highest BCUT2D eigenvalue weighted by molar-refractivity contribution is 7.92. The summed E-state index contributed by atoms with van der Waals surface area (Å²) in [5, 5.41) is 17.0. The molecule has 2 aromatic carbocycles. The molecule has 1 atom stereocenters. The molecule has 0 spiro atoms. The molecule has 39 heavy (non-hydrogen) atoms. The van der Waals surface area contributed by atoms with Gasteiger partial charge in [0, 0.05) is 25.3 Å². The molecule has 0 radical (unpaired) electrons. The molecule has 2 fully saturated rings. The molecule has 2 aliphatic rings. The van der Waals surface area contributed by atoms with E-state index in [1.807, 2.05) is 6.92 Å². The number of benzene rings is 2. The number of carboxylic acid groups (broad SMARTS) is 2. The topological polar surface area (TPSA) is 127 Å². The van der Waals surface area contributed by atoms with Gasteiger partial charge in [-0.15, -0.1) is 0 Å². The van der Waals surface area contributed by atoms with Crippen molar-refractivity contribution in [2.45, 2.75) is 43.7 Å². The molecule has 2 aromatic rings. The minimum absolute atomic E-state index is 0.121. The number of sulfonamides is 1. The highest BCUT2D eigenvalue weighted by Gasteiger charge is 2.38. The molecule has 13 heteroatoms. The van der Waals surface area contributed by atoms with Crippen LogP contribution >= 0.6 is 0 Å². The van der Waals surface area contributed by atoms with E-state index in [9.17, 15) is 31.5 Å². The Balaban J connectivity index is 0.000000532. The number of hydrogen-bond acceptors (Lipinski definition) is 6. The minimum Gasteiger partial charge on any atom is -0.478 e. The Morgan fingerprint density at radius 2 is 1.62 bits per heavy atom. The third-order valence-corrected chi connectivity index (χ3v) is 8.02. The third-order valence-electron chi connectivity index (χ3n) is 6.63. The third kappa shape index (κ3) is 8.59. The van der Waals surface area contributed by atoms with Crippen molar-refractivity contribution < 1.29 is 41.4 Å². The summed E-state index contributed by atoms with van der Waals surface area (Å²) < 4.78 is 59.7. The highest BCUT2D eigenvalue weighted by atomic mass is 32.2. The first-order valence-electron chi connectivity index (χ1n) is 12.5. The van der Waals surface area contributed by atoms with Crippen molar-refractivity contribution in [1.29, 1.82) is 0 Å². The molecule has 2 heterocycles. The summed E-state index contributed by atoms with van der Waals surface area (Å²) in [6, 6.07) is 11.3. The van der Waals surface area contributed by atoms with Gasteiger partial charge in [0.2, 0.25) is 0 Å². The van der Waals surface area contributed by atoms with Crippen LogP contribution in [0.3, 0.4) is 0 Å². The normalized spacial score (nSPS) is 18.3. The molecular weight excluding hydrogens is 539 g/mol. The van der Waals surface area contributed by atoms with Crippen LogP contribution in [-0.2, 0) is 14.8 Å². The zero-order chi connectivity index (χ0) is 28.8. The number of anilines is 2. The largest absolute Gasteiger partial charge is 0.490 e. The lowest BCUT2D eigenvalue weighted by Gasteiger charge is -2.36. The fourth-order valence-electron chi connectivity index (χ4n) is 4.74. The standard InChI is InChI=1S/C24H31N3O4S.C2HF3O2/c1-18-6-9-21(10-7-18)32(30,31)25-20-8-11-23(22(15-20)24(28)29)27-14-4-5-19(17-27)16-26-12-2-3-13-26;3-2(4,5)1(6)7/h6-11,15,19,25H,2-5,12-14,16-17H2,1H3,(H,28,29);(H,6,7). The quantitative estimate of drug-likeness (QED) is 0.445. The van der Waals surface area contributed by atoms with Crippen LogP contribution in [0.5, 0.6) is 0 Å². The molecule has 0 amide bonds. The summed E-state index contributed by atoms with van der Waals surface area (Å²) in [5.41, 5.74) is 1.99. The van der Waals surface area contributed by atoms with Gasteiger partial charge in [-0.25, -0.2) is 18.0 Å². The van der Waals surface area contributed by atoms with Crippen LogP contribution in [0, 0.1) is 12.8 Å². The Labute approximate surface area is 225 Å². The second kappa shape index (κ2) is 12.7. The number of nitrogens with one attached hydrogen (secondary N) is 1. The molecule has 2 saturated heterocycles. The first-order chi connectivity index (χ1) is 18.3. The van der Waals surface area contributed by atoms with Gasteiger partial charge in [0.05, 0.1) is 16.1 Å². The van der Waals surface area contributed by atoms with Gasteiger partial charge in [0.15, 0.2) is 0 Å². The number of carboxylic acids is 2. The number of halogens is 3. The van der Waals surface area contributed by atoms with E-state index >= 15 is 0 Å². The number of aromatic carboxylic acids is 1. The lowest BCUT2D eigenvalue weighted by atomic mass is 9.96. The predicted octanol–water partition coefficient (Wildman–Crippen LogP) is 4.44. The van der Waals surface area contributed by atoms with Gasteiger partial charge in [0.1, 0.15) is 0 Å². The lowest BCUT2D eigenvalue weighted by Crippen LogP contribution is -2.41. The number of alkyl halides is 3. The zero-order valence-electron chi connectivity index (χ0n) is 21.4. The Morgan fingerprint density at radius 1 is 1.00 bits per heavy atom. The van der Waals surface area contributed by atoms with Crippen LogP contribution in [0.4, 0.5) is 24.5 Å². The molecular formula is C26H32F3N3O6S. The number of rotatable bonds is 7. The monoisotopic (exact) mass is 571 g/mol. The Hall–Kier alpha value is -3.32. The van der Waals surface area contributed by atoms with Gasteiger partial charge < -0.3 is 20.0 Å². The first kappa shape index (κ1) is 30.2. The van der Waals surface area contributed by atoms with Crippen LogP contribution in [0.1, 0.15) is 41.6 Å². The van der Waals surface area contributed by atoms with Crippen molar-refractivity contribution >= 4 is 33.3 Å². The first-order valence-corrected chi connectivity index (χ1v) is 14.0. The van der Waals surface area contributed by atoms with Gasteiger partial charge >= 0.3 is 18.1 Å². The molecule has 1 unspecified atom stereocenters. The summed E-state index contributed by atoms with van der Waals surface area (Å²) in [6.07, 6.45) is -0.373. The maximum absolute atomic E-state index is 12.7. The number of aliphatic carboxylic acids is 1. The number of piperidine rings is 1. The number of nitrogens with zero attached hydrogens (tertiary/aromatic N) is 2. The molecule has 2 aliphatic heterocycles. The molecule has 3 N–H and O–H groups in total. The molecule has 0 aliphatic carbocycles.